The van der Waals surface area contributed by atoms with Crippen molar-refractivity contribution in [3.63, 3.8) is 0 Å². The minimum absolute atomic E-state index is 0.0393. The van der Waals surface area contributed by atoms with Gasteiger partial charge >= 0.3 is 5.97 Å². The van der Waals surface area contributed by atoms with E-state index in [0.29, 0.717) is 5.82 Å². The number of carbonyl (C=O) groups is 1. The molecule has 0 aliphatic carbocycles. The zero-order valence-electron chi connectivity index (χ0n) is 20.6. The van der Waals surface area contributed by atoms with Crippen molar-refractivity contribution in [3.8, 4) is 5.75 Å². The zero-order chi connectivity index (χ0) is 25.1. The summed E-state index contributed by atoms with van der Waals surface area (Å²) >= 11 is 0. The fraction of sp³-hybridized carbons (Fsp3) is 0.321. The number of furan rings is 1. The highest BCUT2D eigenvalue weighted by atomic mass is 16.5. The summed E-state index contributed by atoms with van der Waals surface area (Å²) < 4.78 is 11.2. The van der Waals surface area contributed by atoms with E-state index >= 15 is 0 Å². The number of aromatic nitrogens is 1. The Morgan fingerprint density at radius 2 is 2.11 bits per heavy atom. The highest BCUT2D eigenvalue weighted by Crippen LogP contribution is 2.39. The van der Waals surface area contributed by atoms with E-state index in [-0.39, 0.29) is 29.6 Å². The van der Waals surface area contributed by atoms with Gasteiger partial charge in [-0.2, -0.15) is 0 Å². The second-order valence-corrected chi connectivity index (χ2v) is 9.04. The Morgan fingerprint density at radius 1 is 1.28 bits per heavy atom. The number of hydrogen-bond acceptors (Lipinski definition) is 8. The number of fused-ring (bicyclic) bond motifs is 1. The first-order chi connectivity index (χ1) is 17.5. The molecule has 36 heavy (non-hydrogen) atoms. The van der Waals surface area contributed by atoms with Crippen LogP contribution in [-0.2, 0) is 11.2 Å². The van der Waals surface area contributed by atoms with Crippen molar-refractivity contribution in [2.75, 3.05) is 31.6 Å². The number of aryl methyl sites for hydroxylation is 1. The molecule has 8 nitrogen and oxygen atoms in total. The molecule has 0 amide bonds. The molecule has 1 saturated heterocycles. The predicted molar refractivity (Wildman–Crippen MR) is 140 cm³/mol. The van der Waals surface area contributed by atoms with Gasteiger partial charge in [-0.15, -0.1) is 0 Å². The van der Waals surface area contributed by atoms with Crippen LogP contribution in [0.25, 0.3) is 11.6 Å². The standard InChI is InChI=1S/C28H30N4O4/c1-3-35-28(34)24-25(33)23(16-20-17-30-26-21(20)7-6-11-29-26)36-27(24)31-22-9-8-19(15-18(22)2)10-14-32-12-4-5-13-32/h6-9,11,15-17,31,33H,3-5,10,12-14H2,1-2H3. The third kappa shape index (κ3) is 4.90. The van der Waals surface area contributed by atoms with Gasteiger partial charge in [0.1, 0.15) is 0 Å². The van der Waals surface area contributed by atoms with Crippen molar-refractivity contribution in [1.82, 2.24) is 9.88 Å². The molecule has 0 atom stereocenters. The molecule has 0 bridgehead atoms. The van der Waals surface area contributed by atoms with Crippen molar-refractivity contribution in [3.05, 3.63) is 64.5 Å². The number of benzene rings is 1. The maximum atomic E-state index is 12.7. The second kappa shape index (κ2) is 10.4. The fourth-order valence-electron chi connectivity index (χ4n) is 4.64. The lowest BCUT2D eigenvalue weighted by molar-refractivity contribution is 0.0524. The highest BCUT2D eigenvalue weighted by molar-refractivity contribution is 6.21. The molecule has 1 fully saturated rings. The minimum atomic E-state index is -0.659. The van der Waals surface area contributed by atoms with Crippen molar-refractivity contribution in [1.29, 1.82) is 0 Å². The van der Waals surface area contributed by atoms with E-state index < -0.39 is 5.97 Å². The SMILES string of the molecule is CCOC(=O)c1c(Nc2ccc(CCN3CCCC3)cc2C)oc(C=C2C=Nc3ncccc32)c1O. The van der Waals surface area contributed by atoms with Gasteiger partial charge in [-0.3, -0.25) is 0 Å². The highest BCUT2D eigenvalue weighted by Gasteiger charge is 2.27. The van der Waals surface area contributed by atoms with Gasteiger partial charge in [0.05, 0.1) is 6.61 Å². The van der Waals surface area contributed by atoms with Gasteiger partial charge in [0.2, 0.25) is 5.88 Å². The van der Waals surface area contributed by atoms with Crippen molar-refractivity contribution < 1.29 is 19.1 Å². The quantitative estimate of drug-likeness (QED) is 0.405. The smallest absolute Gasteiger partial charge is 0.347 e. The third-order valence-electron chi connectivity index (χ3n) is 6.55. The van der Waals surface area contributed by atoms with Crippen LogP contribution < -0.4 is 5.32 Å². The molecule has 186 valence electrons. The van der Waals surface area contributed by atoms with Gasteiger partial charge in [0.15, 0.2) is 22.9 Å². The summed E-state index contributed by atoms with van der Waals surface area (Å²) in [7, 11) is 0. The lowest BCUT2D eigenvalue weighted by Crippen LogP contribution is -2.21. The molecule has 3 aromatic rings. The minimum Gasteiger partial charge on any atom is -0.504 e. The third-order valence-corrected chi connectivity index (χ3v) is 6.55. The normalized spacial score (nSPS) is 16.0. The van der Waals surface area contributed by atoms with Crippen LogP contribution in [0.5, 0.6) is 5.75 Å². The summed E-state index contributed by atoms with van der Waals surface area (Å²) in [6, 6.07) is 9.92. The largest absolute Gasteiger partial charge is 0.504 e. The molecule has 2 aliphatic heterocycles. The maximum Gasteiger partial charge on any atom is 0.347 e. The average Bonchev–Trinajstić information content (AvgIpc) is 3.60. The van der Waals surface area contributed by atoms with Crippen LogP contribution in [0.3, 0.4) is 0 Å². The summed E-state index contributed by atoms with van der Waals surface area (Å²) in [6.45, 7) is 7.33. The molecule has 8 heteroatoms. The lowest BCUT2D eigenvalue weighted by atomic mass is 10.1. The average molecular weight is 487 g/mol. The van der Waals surface area contributed by atoms with Gasteiger partial charge in [-0.1, -0.05) is 12.1 Å². The first-order valence-corrected chi connectivity index (χ1v) is 12.4. The van der Waals surface area contributed by atoms with Crippen molar-refractivity contribution >= 4 is 41.2 Å². The van der Waals surface area contributed by atoms with Crippen molar-refractivity contribution in [2.45, 2.75) is 33.1 Å². The van der Waals surface area contributed by atoms with Crippen LogP contribution in [0, 0.1) is 6.92 Å². The Hall–Kier alpha value is -3.91. The second-order valence-electron chi connectivity index (χ2n) is 9.04. The van der Waals surface area contributed by atoms with E-state index in [0.717, 1.165) is 35.4 Å². The first kappa shape index (κ1) is 23.8. The maximum absolute atomic E-state index is 12.7. The molecule has 2 N–H and O–H groups in total. The molecule has 0 saturated carbocycles. The lowest BCUT2D eigenvalue weighted by Gasteiger charge is -2.15. The number of rotatable bonds is 8. The van der Waals surface area contributed by atoms with Crippen LogP contribution in [0.2, 0.25) is 0 Å². The van der Waals surface area contributed by atoms with Gasteiger partial charge in [-0.25, -0.2) is 14.8 Å². The molecular weight excluding hydrogens is 456 g/mol. The summed E-state index contributed by atoms with van der Waals surface area (Å²) in [5.41, 5.74) is 4.57. The Morgan fingerprint density at radius 3 is 2.89 bits per heavy atom. The Kier molecular flexibility index (Phi) is 6.86. The number of hydrogen-bond donors (Lipinski definition) is 2. The van der Waals surface area contributed by atoms with E-state index in [1.165, 1.54) is 31.5 Å². The zero-order valence-corrected chi connectivity index (χ0v) is 20.6. The molecule has 0 radical (unpaired) electrons. The number of anilines is 2. The number of aliphatic imine (C=N–C) groups is 1. The Labute approximate surface area is 210 Å². The number of esters is 1. The monoisotopic (exact) mass is 486 g/mol. The van der Waals surface area contributed by atoms with Gasteiger partial charge in [0.25, 0.3) is 0 Å². The Bertz CT molecular complexity index is 1340. The number of allylic oxidation sites excluding steroid dienone is 1. The van der Waals surface area contributed by atoms with Gasteiger partial charge < -0.3 is 24.5 Å². The summed E-state index contributed by atoms with van der Waals surface area (Å²) in [6.07, 6.45) is 8.54. The topological polar surface area (TPSA) is 100 Å². The Balaban J connectivity index is 1.42. The van der Waals surface area contributed by atoms with E-state index in [2.05, 4.69) is 32.3 Å². The number of carbonyl (C=O) groups excluding carboxylic acids is 1. The van der Waals surface area contributed by atoms with E-state index in [1.807, 2.05) is 25.1 Å². The van der Waals surface area contributed by atoms with Crippen LogP contribution in [-0.4, -0.2) is 53.4 Å². The number of nitrogens with zero attached hydrogens (tertiary/aromatic N) is 3. The summed E-state index contributed by atoms with van der Waals surface area (Å²) in [5.74, 6) is -0.0770. The number of ether oxygens (including phenoxy) is 1. The van der Waals surface area contributed by atoms with Gasteiger partial charge in [0, 0.05) is 35.8 Å². The van der Waals surface area contributed by atoms with E-state index in [1.54, 1.807) is 25.4 Å². The number of pyridine rings is 1. The predicted octanol–water partition coefficient (Wildman–Crippen LogP) is 5.50. The number of nitrogens with one attached hydrogen (secondary N) is 1. The van der Waals surface area contributed by atoms with Crippen LogP contribution >= 0.6 is 0 Å². The van der Waals surface area contributed by atoms with Gasteiger partial charge in [-0.05, 0) is 81.6 Å². The molecule has 2 aliphatic rings. The summed E-state index contributed by atoms with van der Waals surface area (Å²) in [5, 5.41) is 14.1. The number of aromatic hydroxyl groups is 1. The fourth-order valence-corrected chi connectivity index (χ4v) is 4.64. The number of likely N-dealkylation sites (tertiary alicyclic amines) is 1. The molecule has 0 spiro atoms. The molecule has 5 rings (SSSR count). The van der Waals surface area contributed by atoms with Crippen LogP contribution in [0.4, 0.5) is 17.4 Å². The molecule has 1 aromatic carbocycles. The van der Waals surface area contributed by atoms with E-state index in [4.69, 9.17) is 9.15 Å². The first-order valence-electron chi connectivity index (χ1n) is 12.4. The van der Waals surface area contributed by atoms with Crippen molar-refractivity contribution in [2.24, 2.45) is 4.99 Å². The van der Waals surface area contributed by atoms with Crippen LogP contribution in [0.15, 0.2) is 45.9 Å². The molecule has 2 aromatic heterocycles. The molecule has 0 unspecified atom stereocenters. The van der Waals surface area contributed by atoms with E-state index in [9.17, 15) is 9.90 Å². The molecule has 4 heterocycles. The van der Waals surface area contributed by atoms with Crippen LogP contribution in [0.1, 0.15) is 52.6 Å². The summed E-state index contributed by atoms with van der Waals surface area (Å²) in [4.78, 5) is 23.8. The molecular formula is C28H30N4O4.